The molecule has 1 atom stereocenters. The molecule has 1 aliphatic rings. The number of aromatic nitrogens is 1. The zero-order valence-electron chi connectivity index (χ0n) is 13.4. The third-order valence-electron chi connectivity index (χ3n) is 4.58. The number of aryl methyl sites for hydroxylation is 2. The molecular formula is C19H22N2O2. The summed E-state index contributed by atoms with van der Waals surface area (Å²) in [5, 5.41) is 0. The van der Waals surface area contributed by atoms with Crippen molar-refractivity contribution in [3.63, 3.8) is 0 Å². The Morgan fingerprint density at radius 3 is 2.70 bits per heavy atom. The molecule has 3 rings (SSSR count). The molecule has 1 amide bonds. The minimum absolute atomic E-state index is 0.0381. The van der Waals surface area contributed by atoms with Crippen LogP contribution < -0.4 is 5.56 Å². The lowest BCUT2D eigenvalue weighted by Gasteiger charge is -2.25. The monoisotopic (exact) mass is 310 g/mol. The van der Waals surface area contributed by atoms with Crippen LogP contribution in [0.2, 0.25) is 0 Å². The molecule has 4 heteroatoms. The molecule has 1 aromatic carbocycles. The Bertz CT molecular complexity index is 737. The summed E-state index contributed by atoms with van der Waals surface area (Å²) in [5.41, 5.74) is 1.82. The van der Waals surface area contributed by atoms with Crippen LogP contribution in [0.3, 0.4) is 0 Å². The van der Waals surface area contributed by atoms with E-state index < -0.39 is 0 Å². The van der Waals surface area contributed by atoms with E-state index in [9.17, 15) is 9.59 Å². The van der Waals surface area contributed by atoms with Gasteiger partial charge in [-0.3, -0.25) is 9.59 Å². The molecule has 2 aromatic rings. The predicted molar refractivity (Wildman–Crippen MR) is 90.5 cm³/mol. The number of hydrogen-bond acceptors (Lipinski definition) is 2. The molecule has 0 unspecified atom stereocenters. The molecule has 0 aliphatic carbocycles. The Labute approximate surface area is 136 Å². The number of nitrogens with zero attached hydrogens (tertiary/aromatic N) is 2. The molecule has 1 fully saturated rings. The summed E-state index contributed by atoms with van der Waals surface area (Å²) in [6, 6.07) is 13.8. The summed E-state index contributed by atoms with van der Waals surface area (Å²) < 4.78 is 1.46. The molecule has 1 saturated heterocycles. The molecule has 1 aliphatic heterocycles. The maximum absolute atomic E-state index is 12.7. The number of amides is 1. The van der Waals surface area contributed by atoms with Gasteiger partial charge in [-0.1, -0.05) is 30.3 Å². The smallest absolute Gasteiger partial charge is 0.255 e. The quantitative estimate of drug-likeness (QED) is 0.871. The third-order valence-corrected chi connectivity index (χ3v) is 4.58. The Morgan fingerprint density at radius 2 is 1.96 bits per heavy atom. The van der Waals surface area contributed by atoms with Gasteiger partial charge in [-0.2, -0.15) is 0 Å². The topological polar surface area (TPSA) is 42.3 Å². The lowest BCUT2D eigenvalue weighted by Crippen LogP contribution is -2.36. The molecule has 23 heavy (non-hydrogen) atoms. The maximum atomic E-state index is 12.7. The molecule has 0 N–H and O–H groups in total. The van der Waals surface area contributed by atoms with Crippen molar-refractivity contribution in [1.82, 2.24) is 9.47 Å². The van der Waals surface area contributed by atoms with Crippen LogP contribution in [0.25, 0.3) is 0 Å². The van der Waals surface area contributed by atoms with Crippen LogP contribution >= 0.6 is 0 Å². The molecule has 4 nitrogen and oxygen atoms in total. The van der Waals surface area contributed by atoms with Crippen LogP contribution in [0, 0.1) is 0 Å². The Hall–Kier alpha value is -2.36. The molecule has 0 bridgehead atoms. The van der Waals surface area contributed by atoms with Gasteiger partial charge in [-0.15, -0.1) is 0 Å². The Kier molecular flexibility index (Phi) is 4.60. The predicted octanol–water partition coefficient (Wildman–Crippen LogP) is 2.62. The van der Waals surface area contributed by atoms with Crippen LogP contribution in [-0.2, 0) is 13.5 Å². The van der Waals surface area contributed by atoms with E-state index in [1.807, 2.05) is 11.0 Å². The number of carbonyl (C=O) groups is 1. The highest BCUT2D eigenvalue weighted by molar-refractivity contribution is 5.94. The molecule has 120 valence electrons. The molecule has 0 saturated carbocycles. The highest BCUT2D eigenvalue weighted by atomic mass is 16.2. The first-order valence-electron chi connectivity index (χ1n) is 8.17. The Balaban J connectivity index is 1.69. The van der Waals surface area contributed by atoms with Crippen molar-refractivity contribution in [2.75, 3.05) is 6.54 Å². The fourth-order valence-electron chi connectivity index (χ4n) is 3.27. The molecule has 0 radical (unpaired) electrons. The van der Waals surface area contributed by atoms with Gasteiger partial charge in [-0.25, -0.2) is 0 Å². The largest absolute Gasteiger partial charge is 0.336 e. The van der Waals surface area contributed by atoms with E-state index in [0.717, 1.165) is 32.2 Å². The number of likely N-dealkylation sites (tertiary alicyclic amines) is 1. The van der Waals surface area contributed by atoms with Crippen LogP contribution in [0.1, 0.15) is 35.2 Å². The van der Waals surface area contributed by atoms with Crippen LogP contribution in [0.5, 0.6) is 0 Å². The molecule has 0 spiro atoms. The maximum Gasteiger partial charge on any atom is 0.255 e. The number of carbonyl (C=O) groups excluding carboxylic acids is 1. The lowest BCUT2D eigenvalue weighted by molar-refractivity contribution is 0.0729. The van der Waals surface area contributed by atoms with Gasteiger partial charge >= 0.3 is 0 Å². The first kappa shape index (κ1) is 15.5. The highest BCUT2D eigenvalue weighted by Crippen LogP contribution is 2.23. The van der Waals surface area contributed by atoms with Crippen LogP contribution in [0.4, 0.5) is 0 Å². The van der Waals surface area contributed by atoms with Crippen molar-refractivity contribution in [1.29, 1.82) is 0 Å². The normalized spacial score (nSPS) is 17.4. The van der Waals surface area contributed by atoms with Gasteiger partial charge in [0.15, 0.2) is 0 Å². The van der Waals surface area contributed by atoms with Gasteiger partial charge in [0.2, 0.25) is 5.56 Å². The lowest BCUT2D eigenvalue weighted by atomic mass is 10.0. The average Bonchev–Trinajstić information content (AvgIpc) is 3.04. The molecular weight excluding hydrogens is 288 g/mol. The average molecular weight is 310 g/mol. The van der Waals surface area contributed by atoms with E-state index in [4.69, 9.17) is 0 Å². The van der Waals surface area contributed by atoms with Gasteiger partial charge in [-0.05, 0) is 37.3 Å². The first-order chi connectivity index (χ1) is 11.1. The fourth-order valence-corrected chi connectivity index (χ4v) is 3.27. The van der Waals surface area contributed by atoms with Crippen molar-refractivity contribution in [2.45, 2.75) is 31.7 Å². The van der Waals surface area contributed by atoms with Crippen molar-refractivity contribution in [3.8, 4) is 0 Å². The van der Waals surface area contributed by atoms with E-state index in [1.165, 1.54) is 16.2 Å². The summed E-state index contributed by atoms with van der Waals surface area (Å²) in [4.78, 5) is 26.2. The number of benzene rings is 1. The van der Waals surface area contributed by atoms with Gasteiger partial charge in [0.1, 0.15) is 0 Å². The summed E-state index contributed by atoms with van der Waals surface area (Å²) in [5.74, 6) is 0.0381. The Morgan fingerprint density at radius 1 is 1.17 bits per heavy atom. The number of pyridine rings is 1. The summed E-state index contributed by atoms with van der Waals surface area (Å²) >= 11 is 0. The van der Waals surface area contributed by atoms with Crippen molar-refractivity contribution in [3.05, 3.63) is 70.1 Å². The van der Waals surface area contributed by atoms with Crippen molar-refractivity contribution in [2.24, 2.45) is 7.05 Å². The minimum Gasteiger partial charge on any atom is -0.336 e. The van der Waals surface area contributed by atoms with Crippen LogP contribution in [0.15, 0.2) is 53.5 Å². The van der Waals surface area contributed by atoms with E-state index in [-0.39, 0.29) is 11.5 Å². The van der Waals surface area contributed by atoms with E-state index in [1.54, 1.807) is 19.3 Å². The summed E-state index contributed by atoms with van der Waals surface area (Å²) in [6.07, 6.45) is 5.72. The summed E-state index contributed by atoms with van der Waals surface area (Å²) in [6.45, 7) is 0.807. The van der Waals surface area contributed by atoms with E-state index in [0.29, 0.717) is 11.6 Å². The highest BCUT2D eigenvalue weighted by Gasteiger charge is 2.29. The van der Waals surface area contributed by atoms with Crippen molar-refractivity contribution >= 4 is 5.91 Å². The zero-order chi connectivity index (χ0) is 16.2. The first-order valence-corrected chi connectivity index (χ1v) is 8.17. The molecule has 1 aromatic heterocycles. The van der Waals surface area contributed by atoms with E-state index in [2.05, 4.69) is 24.3 Å². The minimum atomic E-state index is -0.0939. The number of rotatable bonds is 4. The SMILES string of the molecule is Cn1cc(C(=O)N2CCC[C@H]2CCc2ccccc2)ccc1=O. The number of hydrogen-bond donors (Lipinski definition) is 0. The second kappa shape index (κ2) is 6.82. The van der Waals surface area contributed by atoms with Gasteiger partial charge in [0, 0.05) is 31.9 Å². The van der Waals surface area contributed by atoms with Gasteiger partial charge < -0.3 is 9.47 Å². The van der Waals surface area contributed by atoms with Gasteiger partial charge in [0.05, 0.1) is 5.56 Å². The van der Waals surface area contributed by atoms with Crippen LogP contribution in [-0.4, -0.2) is 28.0 Å². The zero-order valence-corrected chi connectivity index (χ0v) is 13.4. The third kappa shape index (κ3) is 3.52. The van der Waals surface area contributed by atoms with Gasteiger partial charge in [0.25, 0.3) is 5.91 Å². The fraction of sp³-hybridized carbons (Fsp3) is 0.368. The second-order valence-electron chi connectivity index (χ2n) is 6.19. The molecule has 2 heterocycles. The standard InChI is InChI=1S/C19H22N2O2/c1-20-14-16(10-12-18(20)22)19(23)21-13-5-8-17(21)11-9-15-6-3-2-4-7-15/h2-4,6-7,10,12,14,17H,5,8-9,11,13H2,1H3/t17-/m0/s1. The second-order valence-corrected chi connectivity index (χ2v) is 6.19. The van der Waals surface area contributed by atoms with Crippen molar-refractivity contribution < 1.29 is 4.79 Å². The van der Waals surface area contributed by atoms with E-state index >= 15 is 0 Å². The summed E-state index contributed by atoms with van der Waals surface area (Å²) in [7, 11) is 1.68.